The molecular weight excluding hydrogens is 699 g/mol. The second kappa shape index (κ2) is 12.4. The number of hydrogen-bond donors (Lipinski definition) is 0. The highest BCUT2D eigenvalue weighted by Crippen LogP contribution is 2.70. The van der Waals surface area contributed by atoms with Crippen LogP contribution in [0.4, 0.5) is 17.1 Å². The van der Waals surface area contributed by atoms with Crippen molar-refractivity contribution in [3.63, 3.8) is 0 Å². The minimum atomic E-state index is 0.0709. The Balaban J connectivity index is 1.05. The molecule has 1 nitrogen and oxygen atoms in total. The molecule has 4 bridgehead atoms. The van der Waals surface area contributed by atoms with Crippen molar-refractivity contribution in [3.05, 3.63) is 186 Å². The quantitative estimate of drug-likeness (QED) is 0.169. The molecule has 0 atom stereocenters. The molecule has 14 rings (SSSR count). The van der Waals surface area contributed by atoms with Gasteiger partial charge in [0.05, 0.1) is 5.69 Å². The van der Waals surface area contributed by atoms with E-state index >= 15 is 0 Å². The van der Waals surface area contributed by atoms with Crippen LogP contribution in [0.25, 0.3) is 44.5 Å². The van der Waals surface area contributed by atoms with E-state index in [-0.39, 0.29) is 10.8 Å². The van der Waals surface area contributed by atoms with Crippen LogP contribution >= 0.6 is 0 Å². The third-order valence-electron chi connectivity index (χ3n) is 16.2. The Hall–Kier alpha value is -5.66. The maximum Gasteiger partial charge on any atom is 0.0540 e. The number of anilines is 3. The first-order valence-corrected chi connectivity index (χ1v) is 22.2. The highest BCUT2D eigenvalue weighted by atomic mass is 15.1. The molecule has 0 N–H and O–H groups in total. The molecule has 7 aromatic rings. The monoisotopic (exact) mass is 747 g/mol. The van der Waals surface area contributed by atoms with Crippen LogP contribution < -0.4 is 4.90 Å². The zero-order valence-electron chi connectivity index (χ0n) is 33.2. The second-order valence-corrected chi connectivity index (χ2v) is 18.8. The molecule has 7 aliphatic carbocycles. The van der Waals surface area contributed by atoms with Gasteiger partial charge >= 0.3 is 0 Å². The summed E-state index contributed by atoms with van der Waals surface area (Å²) in [7, 11) is 0. The van der Waals surface area contributed by atoms with Crippen LogP contribution in [-0.4, -0.2) is 0 Å². The second-order valence-electron chi connectivity index (χ2n) is 18.8. The van der Waals surface area contributed by atoms with Gasteiger partial charge in [0.2, 0.25) is 0 Å². The average molecular weight is 748 g/mol. The maximum atomic E-state index is 2.69. The normalized spacial score (nSPS) is 24.8. The number of fused-ring (bicyclic) bond motifs is 8. The molecule has 0 amide bonds. The molecule has 58 heavy (non-hydrogen) atoms. The van der Waals surface area contributed by atoms with E-state index in [1.54, 1.807) is 16.7 Å². The third-order valence-corrected chi connectivity index (χ3v) is 16.2. The van der Waals surface area contributed by atoms with Crippen LogP contribution in [0.3, 0.4) is 0 Å². The summed E-state index contributed by atoms with van der Waals surface area (Å²) in [5.41, 5.74) is 21.2. The first kappa shape index (κ1) is 33.3. The largest absolute Gasteiger partial charge is 0.310 e. The molecule has 7 aromatic carbocycles. The van der Waals surface area contributed by atoms with Crippen molar-refractivity contribution in [2.75, 3.05) is 4.90 Å². The molecule has 0 radical (unpaired) electrons. The van der Waals surface area contributed by atoms with E-state index in [9.17, 15) is 0 Å². The maximum absolute atomic E-state index is 2.69. The van der Waals surface area contributed by atoms with Gasteiger partial charge in [0, 0.05) is 27.8 Å². The van der Waals surface area contributed by atoms with Gasteiger partial charge in [-0.05, 0) is 166 Å². The van der Waals surface area contributed by atoms with Crippen molar-refractivity contribution in [2.45, 2.75) is 68.6 Å². The van der Waals surface area contributed by atoms with Gasteiger partial charge in [-0.1, -0.05) is 140 Å². The fraction of sp³-hybridized carbons (Fsp3) is 0.263. The van der Waals surface area contributed by atoms with Crippen LogP contribution in [0.1, 0.15) is 80.0 Å². The lowest BCUT2D eigenvalue weighted by atomic mass is 9.43. The molecule has 0 unspecified atom stereocenters. The van der Waals surface area contributed by atoms with Gasteiger partial charge in [0.15, 0.2) is 0 Å². The Morgan fingerprint density at radius 1 is 0.379 bits per heavy atom. The lowest BCUT2D eigenvalue weighted by molar-refractivity contribution is -0.0399. The summed E-state index contributed by atoms with van der Waals surface area (Å²) in [4.78, 5) is 2.64. The van der Waals surface area contributed by atoms with Crippen LogP contribution in [-0.2, 0) is 10.8 Å². The van der Waals surface area contributed by atoms with Crippen molar-refractivity contribution < 1.29 is 0 Å². The Morgan fingerprint density at radius 3 is 1.66 bits per heavy atom. The van der Waals surface area contributed by atoms with Gasteiger partial charge in [-0.2, -0.15) is 0 Å². The summed E-state index contributed by atoms with van der Waals surface area (Å²) in [6, 6.07) is 63.2. The number of benzene rings is 7. The topological polar surface area (TPSA) is 3.24 Å². The molecule has 1 heteroatoms. The summed E-state index contributed by atoms with van der Waals surface area (Å²) in [6.07, 6.45) is 12.0. The van der Waals surface area contributed by atoms with Gasteiger partial charge in [0.1, 0.15) is 0 Å². The van der Waals surface area contributed by atoms with Gasteiger partial charge in [-0.25, -0.2) is 0 Å². The lowest BCUT2D eigenvalue weighted by Crippen LogP contribution is -2.55. The van der Waals surface area contributed by atoms with E-state index in [0.29, 0.717) is 11.8 Å². The predicted molar refractivity (Wildman–Crippen MR) is 240 cm³/mol. The van der Waals surface area contributed by atoms with Crippen LogP contribution in [0, 0.1) is 23.7 Å². The van der Waals surface area contributed by atoms with Crippen LogP contribution in [0.5, 0.6) is 0 Å². The van der Waals surface area contributed by atoms with Gasteiger partial charge in [0.25, 0.3) is 0 Å². The van der Waals surface area contributed by atoms with E-state index < -0.39 is 0 Å². The summed E-state index contributed by atoms with van der Waals surface area (Å²) >= 11 is 0. The summed E-state index contributed by atoms with van der Waals surface area (Å²) in [6.45, 7) is 0. The number of para-hydroxylation sites is 1. The van der Waals surface area contributed by atoms with E-state index in [1.807, 2.05) is 0 Å². The SMILES string of the molecule is c1ccc(-c2ccc3c(c2)-c2ccc(N(c4ccc5c(c4)C4(CCCC4)c4ccccc4-5)c4ccccc4-c4ccccc4)cc2C32C3CC4CC(C3)CC2C4)cc1. The van der Waals surface area contributed by atoms with E-state index in [4.69, 9.17) is 0 Å². The van der Waals surface area contributed by atoms with Crippen molar-refractivity contribution >= 4 is 17.1 Å². The van der Waals surface area contributed by atoms with Crippen molar-refractivity contribution in [2.24, 2.45) is 23.7 Å². The summed E-state index contributed by atoms with van der Waals surface area (Å²) in [5.74, 6) is 3.21. The standard InChI is InChI=1S/C57H49N/c1-3-13-39(14-4-1)41-21-26-52-50(34-41)49-25-23-45(36-54(49)57(52)42-30-37-29-38(32-42)33-43(57)31-37)58(55-20-10-8-17-46(55)40-15-5-2-6-16-40)44-22-24-48-47-18-7-9-19-51(47)56(53(48)35-44)27-11-12-28-56/h1-10,13-26,34-38,42-43H,11-12,27-33H2. The molecule has 7 aliphatic rings. The van der Waals surface area contributed by atoms with Crippen molar-refractivity contribution in [1.82, 2.24) is 0 Å². The minimum absolute atomic E-state index is 0.0709. The van der Waals surface area contributed by atoms with Crippen LogP contribution in [0.2, 0.25) is 0 Å². The van der Waals surface area contributed by atoms with Crippen molar-refractivity contribution in [1.29, 1.82) is 0 Å². The molecule has 0 aromatic heterocycles. The van der Waals surface area contributed by atoms with E-state index in [1.165, 1.54) is 125 Å². The Morgan fingerprint density at radius 2 is 0.948 bits per heavy atom. The third kappa shape index (κ3) is 4.54. The highest BCUT2D eigenvalue weighted by molar-refractivity contribution is 5.93. The molecule has 282 valence electrons. The zero-order chi connectivity index (χ0) is 38.0. The smallest absolute Gasteiger partial charge is 0.0540 e. The van der Waals surface area contributed by atoms with E-state index in [0.717, 1.165) is 11.8 Å². The molecule has 2 spiro atoms. The van der Waals surface area contributed by atoms with Gasteiger partial charge in [-0.15, -0.1) is 0 Å². The Labute approximate surface area is 343 Å². The first-order valence-electron chi connectivity index (χ1n) is 22.2. The summed E-state index contributed by atoms with van der Waals surface area (Å²) in [5, 5.41) is 0. The zero-order valence-corrected chi connectivity index (χ0v) is 33.2. The average Bonchev–Trinajstić information content (AvgIpc) is 3.96. The van der Waals surface area contributed by atoms with E-state index in [2.05, 4.69) is 169 Å². The molecule has 0 heterocycles. The molecule has 5 fully saturated rings. The predicted octanol–water partition coefficient (Wildman–Crippen LogP) is 15.1. The lowest BCUT2D eigenvalue weighted by Gasteiger charge is -2.61. The first-order chi connectivity index (χ1) is 28.7. The molecule has 5 saturated carbocycles. The van der Waals surface area contributed by atoms with Gasteiger partial charge < -0.3 is 4.90 Å². The molecule has 0 aliphatic heterocycles. The van der Waals surface area contributed by atoms with Crippen LogP contribution in [0.15, 0.2) is 164 Å². The minimum Gasteiger partial charge on any atom is -0.310 e. The fourth-order valence-electron chi connectivity index (χ4n) is 14.2. The number of rotatable bonds is 5. The highest BCUT2D eigenvalue weighted by Gasteiger charge is 2.61. The molecular formula is C57H49N. The number of hydrogen-bond acceptors (Lipinski definition) is 1. The Kier molecular flexibility index (Phi) is 7.14. The fourth-order valence-corrected chi connectivity index (χ4v) is 14.2. The molecule has 0 saturated heterocycles. The Bertz CT molecular complexity index is 2720. The number of nitrogens with zero attached hydrogens (tertiary/aromatic N) is 1. The van der Waals surface area contributed by atoms with Gasteiger partial charge in [-0.3, -0.25) is 0 Å². The summed E-state index contributed by atoms with van der Waals surface area (Å²) < 4.78 is 0. The van der Waals surface area contributed by atoms with Crippen molar-refractivity contribution in [3.8, 4) is 44.5 Å².